The fraction of sp³-hybridized carbons (Fsp3) is 0.500. The van der Waals surface area contributed by atoms with Crippen LogP contribution in [0.1, 0.15) is 68.9 Å². The van der Waals surface area contributed by atoms with E-state index in [1.54, 1.807) is 13.0 Å². The number of rotatable bonds is 8. The number of morpholine rings is 1. The second-order valence-corrected chi connectivity index (χ2v) is 10.7. The second kappa shape index (κ2) is 11.7. The molecular weight excluding hydrogens is 560 g/mol. The van der Waals surface area contributed by atoms with Crippen LogP contribution >= 0.6 is 0 Å². The number of carbonyl (C=O) groups excluding carboxylic acids is 2. The number of carbonyl (C=O) groups is 2. The highest BCUT2D eigenvalue weighted by molar-refractivity contribution is 6.65. The summed E-state index contributed by atoms with van der Waals surface area (Å²) in [6.07, 6.45) is -0.714. The molecule has 42 heavy (non-hydrogen) atoms. The van der Waals surface area contributed by atoms with E-state index < -0.39 is 65.9 Å². The maximum Gasteiger partial charge on any atom is 0.271 e. The van der Waals surface area contributed by atoms with E-state index >= 15 is 4.39 Å². The molecule has 1 aliphatic heterocycles. The predicted octanol–water partition coefficient (Wildman–Crippen LogP) is 4.63. The van der Waals surface area contributed by atoms with Crippen LogP contribution in [0, 0.1) is 17.1 Å². The molecule has 5 rings (SSSR count). The number of halogens is 4. The number of hydrogen-bond donors (Lipinski definition) is 4. The molecule has 1 saturated heterocycles. The standard InChI is InChI=1S/C28H30F4N6O4/c1-2-19(37-41)22(33)26(39)36-23(14-3-5-28(31,32)6-4-14)25-34-20-12-15(11-18(30)24(20)35-25)21-13-42-8-7-38(21)27(40)16-9-17(29)10-16/h11-12,14,21,23,33,41H,2-9,13H2,1H3,(H,34,35)(H,36,39)/b33-22?,37-19-/t21-,23+/m1/s1. The number of nitrogens with one attached hydrogen (secondary N) is 3. The van der Waals surface area contributed by atoms with Crippen LogP contribution in [0.2, 0.25) is 0 Å². The van der Waals surface area contributed by atoms with Gasteiger partial charge in [-0.2, -0.15) is 0 Å². The summed E-state index contributed by atoms with van der Waals surface area (Å²) >= 11 is 0. The molecule has 2 atom stereocenters. The molecule has 4 N–H and O–H groups in total. The van der Waals surface area contributed by atoms with Crippen molar-refractivity contribution >= 4 is 34.3 Å². The van der Waals surface area contributed by atoms with Crippen LogP contribution in [0.15, 0.2) is 34.4 Å². The Morgan fingerprint density at radius 3 is 2.69 bits per heavy atom. The minimum atomic E-state index is -2.84. The van der Waals surface area contributed by atoms with Gasteiger partial charge in [0.2, 0.25) is 5.92 Å². The fourth-order valence-electron chi connectivity index (χ4n) is 5.63. The first-order valence-corrected chi connectivity index (χ1v) is 13.7. The van der Waals surface area contributed by atoms with Gasteiger partial charge in [-0.25, -0.2) is 22.5 Å². The number of ether oxygens (including phenoxy) is 1. The molecule has 2 aromatic rings. The van der Waals surface area contributed by atoms with Crippen LogP contribution in [0.4, 0.5) is 17.6 Å². The Morgan fingerprint density at radius 2 is 2.05 bits per heavy atom. The van der Waals surface area contributed by atoms with Crippen LogP contribution < -0.4 is 5.32 Å². The number of H-pyrrole nitrogens is 1. The topological polar surface area (TPSA) is 144 Å². The Hall–Kier alpha value is -4.03. The Balaban J connectivity index is 1.48. The van der Waals surface area contributed by atoms with Gasteiger partial charge in [0.05, 0.1) is 36.4 Å². The third kappa shape index (κ3) is 5.82. The number of amides is 2. The zero-order valence-corrected chi connectivity index (χ0v) is 22.8. The summed E-state index contributed by atoms with van der Waals surface area (Å²) in [4.78, 5) is 34.8. The Labute approximate surface area is 238 Å². The summed E-state index contributed by atoms with van der Waals surface area (Å²) in [7, 11) is 0. The molecule has 3 aliphatic rings. The SMILES string of the molecule is CC/C(=N/O)C(=N)C(=O)N[C@H](c1nc2c(F)cc([C@H]3COCCN3C(=O)C3=C=C(F)C3)cc2[nH]1)C1CCC(F)(F)CC1. The zero-order chi connectivity index (χ0) is 30.2. The largest absolute Gasteiger partial charge is 0.411 e. The summed E-state index contributed by atoms with van der Waals surface area (Å²) < 4.78 is 62.2. The number of aromatic nitrogens is 2. The number of aromatic amines is 1. The first-order valence-electron chi connectivity index (χ1n) is 13.7. The van der Waals surface area contributed by atoms with E-state index in [0.29, 0.717) is 5.56 Å². The number of nitrogens with zero attached hydrogens (tertiary/aromatic N) is 3. The van der Waals surface area contributed by atoms with Crippen LogP contribution in [-0.4, -0.2) is 69.0 Å². The molecule has 2 fully saturated rings. The quantitative estimate of drug-likeness (QED) is 0.117. The second-order valence-electron chi connectivity index (χ2n) is 10.7. The van der Waals surface area contributed by atoms with Crippen molar-refractivity contribution in [1.29, 1.82) is 5.41 Å². The number of hydrogen-bond acceptors (Lipinski definition) is 7. The van der Waals surface area contributed by atoms with E-state index in [4.69, 9.17) is 15.4 Å². The molecule has 10 nitrogen and oxygen atoms in total. The summed E-state index contributed by atoms with van der Waals surface area (Å²) in [5.41, 5.74) is 2.41. The lowest BCUT2D eigenvalue weighted by atomic mass is 9.81. The molecule has 1 aromatic carbocycles. The number of alkyl halides is 2. The molecule has 224 valence electrons. The van der Waals surface area contributed by atoms with Crippen molar-refractivity contribution in [2.45, 2.75) is 63.5 Å². The van der Waals surface area contributed by atoms with E-state index in [1.807, 2.05) is 0 Å². The zero-order valence-electron chi connectivity index (χ0n) is 22.8. The van der Waals surface area contributed by atoms with Gasteiger partial charge in [0.1, 0.15) is 28.6 Å². The van der Waals surface area contributed by atoms with Crippen molar-refractivity contribution in [3.8, 4) is 0 Å². The summed E-state index contributed by atoms with van der Waals surface area (Å²) in [6.45, 7) is 2.16. The van der Waals surface area contributed by atoms with E-state index in [2.05, 4.69) is 26.2 Å². The molecule has 1 saturated carbocycles. The van der Waals surface area contributed by atoms with E-state index in [1.165, 1.54) is 11.0 Å². The smallest absolute Gasteiger partial charge is 0.271 e. The molecule has 14 heteroatoms. The van der Waals surface area contributed by atoms with Gasteiger partial charge in [0.25, 0.3) is 11.8 Å². The van der Waals surface area contributed by atoms with Crippen LogP contribution in [-0.2, 0) is 14.3 Å². The van der Waals surface area contributed by atoms with Gasteiger partial charge in [0.15, 0.2) is 5.82 Å². The number of benzene rings is 1. The van der Waals surface area contributed by atoms with Crippen molar-refractivity contribution < 1.29 is 37.1 Å². The molecule has 0 radical (unpaired) electrons. The molecule has 2 amide bonds. The molecular formula is C28H30F4N6O4. The van der Waals surface area contributed by atoms with Gasteiger partial charge in [-0.05, 0) is 42.9 Å². The monoisotopic (exact) mass is 590 g/mol. The third-order valence-electron chi connectivity index (χ3n) is 8.02. The molecule has 0 spiro atoms. The van der Waals surface area contributed by atoms with Gasteiger partial charge in [-0.3, -0.25) is 15.0 Å². The maximum absolute atomic E-state index is 15.5. The number of fused-ring (bicyclic) bond motifs is 1. The average molecular weight is 591 g/mol. The van der Waals surface area contributed by atoms with Crippen molar-refractivity contribution in [1.82, 2.24) is 20.2 Å². The average Bonchev–Trinajstić information content (AvgIpc) is 3.39. The predicted molar refractivity (Wildman–Crippen MR) is 143 cm³/mol. The Morgan fingerprint density at radius 1 is 1.33 bits per heavy atom. The summed E-state index contributed by atoms with van der Waals surface area (Å²) in [5, 5.41) is 22.9. The van der Waals surface area contributed by atoms with Gasteiger partial charge in [-0.15, -0.1) is 0 Å². The highest BCUT2D eigenvalue weighted by Gasteiger charge is 2.40. The number of imidazole rings is 1. The van der Waals surface area contributed by atoms with E-state index in [-0.39, 0.29) is 73.6 Å². The minimum absolute atomic E-state index is 0.0478. The van der Waals surface area contributed by atoms with Gasteiger partial charge in [-0.1, -0.05) is 17.8 Å². The van der Waals surface area contributed by atoms with Crippen molar-refractivity contribution in [2.24, 2.45) is 11.1 Å². The molecule has 2 aliphatic carbocycles. The summed E-state index contributed by atoms with van der Waals surface area (Å²) in [6, 6.07) is 1.19. The van der Waals surface area contributed by atoms with Crippen LogP contribution in [0.3, 0.4) is 0 Å². The minimum Gasteiger partial charge on any atom is -0.411 e. The molecule has 1 aromatic heterocycles. The molecule has 2 heterocycles. The Kier molecular flexibility index (Phi) is 8.20. The lowest BCUT2D eigenvalue weighted by molar-refractivity contribution is -0.136. The lowest BCUT2D eigenvalue weighted by Gasteiger charge is -2.36. The molecule has 0 bridgehead atoms. The van der Waals surface area contributed by atoms with Crippen molar-refractivity contribution in [2.75, 3.05) is 19.8 Å². The van der Waals surface area contributed by atoms with Gasteiger partial charge < -0.3 is 25.1 Å². The normalized spacial score (nSPS) is 21.8. The van der Waals surface area contributed by atoms with Crippen LogP contribution in [0.5, 0.6) is 0 Å². The number of oxime groups is 1. The third-order valence-corrected chi connectivity index (χ3v) is 8.02. The maximum atomic E-state index is 15.5. The van der Waals surface area contributed by atoms with Gasteiger partial charge in [0, 0.05) is 25.8 Å². The first kappa shape index (κ1) is 29.5. The van der Waals surface area contributed by atoms with E-state index in [9.17, 15) is 22.8 Å². The van der Waals surface area contributed by atoms with Crippen molar-refractivity contribution in [3.63, 3.8) is 0 Å². The van der Waals surface area contributed by atoms with Crippen LogP contribution in [0.25, 0.3) is 11.0 Å². The Bertz CT molecular complexity index is 1520. The van der Waals surface area contributed by atoms with E-state index in [0.717, 1.165) is 0 Å². The first-order chi connectivity index (χ1) is 20.0. The van der Waals surface area contributed by atoms with Crippen molar-refractivity contribution in [3.05, 3.63) is 46.5 Å². The molecule has 0 unspecified atom stereocenters. The lowest BCUT2D eigenvalue weighted by Crippen LogP contribution is -2.44. The van der Waals surface area contributed by atoms with Gasteiger partial charge >= 0.3 is 0 Å². The summed E-state index contributed by atoms with van der Waals surface area (Å²) in [5.74, 6) is -5.74. The highest BCUT2D eigenvalue weighted by atomic mass is 19.3. The highest BCUT2D eigenvalue weighted by Crippen LogP contribution is 2.41. The fourth-order valence-corrected chi connectivity index (χ4v) is 5.63.